The molecule has 1 aromatic rings. The van der Waals surface area contributed by atoms with Crippen molar-refractivity contribution in [3.8, 4) is 0 Å². The summed E-state index contributed by atoms with van der Waals surface area (Å²) in [6.45, 7) is 2.30. The summed E-state index contributed by atoms with van der Waals surface area (Å²) in [5.41, 5.74) is 2.04. The molecule has 0 unspecified atom stereocenters. The van der Waals surface area contributed by atoms with Gasteiger partial charge >= 0.3 is 0 Å². The number of nitrogens with one attached hydrogen (secondary N) is 1. The Morgan fingerprint density at radius 2 is 2.23 bits per heavy atom. The minimum atomic E-state index is 0.0968. The molecule has 3 nitrogen and oxygen atoms in total. The van der Waals surface area contributed by atoms with E-state index >= 15 is 0 Å². The SMILES string of the molecule is CCCCCCc1[nH]ncc1CO. The average Bonchev–Trinajstić information content (AvgIpc) is 2.60. The van der Waals surface area contributed by atoms with E-state index in [1.165, 1.54) is 25.7 Å². The predicted octanol–water partition coefficient (Wildman–Crippen LogP) is 2.02. The molecule has 0 fully saturated rings. The fourth-order valence-electron chi connectivity index (χ4n) is 1.42. The summed E-state index contributed by atoms with van der Waals surface area (Å²) in [6.07, 6.45) is 7.72. The molecule has 0 aliphatic carbocycles. The van der Waals surface area contributed by atoms with Crippen molar-refractivity contribution in [1.82, 2.24) is 10.2 Å². The lowest BCUT2D eigenvalue weighted by Gasteiger charge is -1.99. The lowest BCUT2D eigenvalue weighted by Crippen LogP contribution is -1.92. The summed E-state index contributed by atoms with van der Waals surface area (Å²) in [5, 5.41) is 15.8. The Morgan fingerprint density at radius 1 is 1.38 bits per heavy atom. The third kappa shape index (κ3) is 3.19. The Balaban J connectivity index is 2.27. The van der Waals surface area contributed by atoms with Crippen LogP contribution in [0, 0.1) is 0 Å². The van der Waals surface area contributed by atoms with Crippen molar-refractivity contribution in [3.63, 3.8) is 0 Å². The van der Waals surface area contributed by atoms with Crippen LogP contribution in [0.15, 0.2) is 6.20 Å². The second-order valence-corrected chi connectivity index (χ2v) is 3.34. The van der Waals surface area contributed by atoms with Gasteiger partial charge in [0.15, 0.2) is 0 Å². The predicted molar refractivity (Wildman–Crippen MR) is 52.4 cm³/mol. The third-order valence-corrected chi connectivity index (χ3v) is 2.26. The second-order valence-electron chi connectivity index (χ2n) is 3.34. The van der Waals surface area contributed by atoms with Crippen molar-refractivity contribution in [2.24, 2.45) is 0 Å². The van der Waals surface area contributed by atoms with E-state index in [2.05, 4.69) is 17.1 Å². The topological polar surface area (TPSA) is 48.9 Å². The van der Waals surface area contributed by atoms with Crippen molar-refractivity contribution in [2.75, 3.05) is 0 Å². The number of rotatable bonds is 6. The highest BCUT2D eigenvalue weighted by atomic mass is 16.3. The van der Waals surface area contributed by atoms with Crippen LogP contribution in [0.25, 0.3) is 0 Å². The molecular formula is C10H18N2O. The first kappa shape index (κ1) is 10.3. The molecule has 1 aromatic heterocycles. The van der Waals surface area contributed by atoms with Crippen LogP contribution in [0.3, 0.4) is 0 Å². The first-order chi connectivity index (χ1) is 6.38. The summed E-state index contributed by atoms with van der Waals surface area (Å²) in [4.78, 5) is 0. The first-order valence-electron chi connectivity index (χ1n) is 5.00. The fraction of sp³-hybridized carbons (Fsp3) is 0.700. The van der Waals surface area contributed by atoms with Crippen LogP contribution in [0.1, 0.15) is 43.9 Å². The monoisotopic (exact) mass is 182 g/mol. The zero-order valence-corrected chi connectivity index (χ0v) is 8.21. The van der Waals surface area contributed by atoms with Crippen LogP contribution >= 0.6 is 0 Å². The average molecular weight is 182 g/mol. The Kier molecular flexibility index (Phi) is 4.54. The van der Waals surface area contributed by atoms with Gasteiger partial charge in [0, 0.05) is 11.3 Å². The van der Waals surface area contributed by atoms with E-state index in [-0.39, 0.29) is 6.61 Å². The van der Waals surface area contributed by atoms with Gasteiger partial charge < -0.3 is 5.11 Å². The number of H-pyrrole nitrogens is 1. The number of aliphatic hydroxyl groups is 1. The molecular weight excluding hydrogens is 164 g/mol. The van der Waals surface area contributed by atoms with E-state index in [1.807, 2.05) is 0 Å². The quantitative estimate of drug-likeness (QED) is 0.661. The molecule has 0 aliphatic heterocycles. The molecule has 0 radical (unpaired) electrons. The molecule has 0 saturated carbocycles. The molecule has 74 valence electrons. The number of aliphatic hydroxyl groups excluding tert-OH is 1. The molecule has 0 saturated heterocycles. The van der Waals surface area contributed by atoms with Crippen LogP contribution in [-0.4, -0.2) is 15.3 Å². The molecule has 1 rings (SSSR count). The van der Waals surface area contributed by atoms with Gasteiger partial charge in [-0.2, -0.15) is 5.10 Å². The first-order valence-corrected chi connectivity index (χ1v) is 5.00. The van der Waals surface area contributed by atoms with Crippen molar-refractivity contribution >= 4 is 0 Å². The summed E-state index contributed by atoms with van der Waals surface area (Å²) in [5.74, 6) is 0. The lowest BCUT2D eigenvalue weighted by atomic mass is 10.1. The zero-order valence-electron chi connectivity index (χ0n) is 8.21. The van der Waals surface area contributed by atoms with Gasteiger partial charge in [0.2, 0.25) is 0 Å². The summed E-state index contributed by atoms with van der Waals surface area (Å²) < 4.78 is 0. The number of unbranched alkanes of at least 4 members (excludes halogenated alkanes) is 3. The highest BCUT2D eigenvalue weighted by Crippen LogP contribution is 2.09. The molecule has 13 heavy (non-hydrogen) atoms. The maximum atomic E-state index is 8.95. The van der Waals surface area contributed by atoms with Gasteiger partial charge in [-0.25, -0.2) is 0 Å². The zero-order chi connectivity index (χ0) is 9.52. The van der Waals surface area contributed by atoms with Gasteiger partial charge in [-0.05, 0) is 12.8 Å². The number of aryl methyl sites for hydroxylation is 1. The van der Waals surface area contributed by atoms with Gasteiger partial charge in [-0.15, -0.1) is 0 Å². The molecule has 0 bridgehead atoms. The van der Waals surface area contributed by atoms with E-state index in [9.17, 15) is 0 Å². The normalized spacial score (nSPS) is 10.6. The van der Waals surface area contributed by atoms with Gasteiger partial charge in [0.1, 0.15) is 0 Å². The summed E-state index contributed by atoms with van der Waals surface area (Å²) in [7, 11) is 0. The Labute approximate surface area is 79.2 Å². The van der Waals surface area contributed by atoms with E-state index in [1.54, 1.807) is 6.20 Å². The molecule has 2 N–H and O–H groups in total. The molecule has 0 spiro atoms. The van der Waals surface area contributed by atoms with Crippen LogP contribution in [0.4, 0.5) is 0 Å². The van der Waals surface area contributed by atoms with E-state index in [4.69, 9.17) is 5.11 Å². The third-order valence-electron chi connectivity index (χ3n) is 2.26. The van der Waals surface area contributed by atoms with Crippen LogP contribution in [-0.2, 0) is 13.0 Å². The van der Waals surface area contributed by atoms with Crippen LogP contribution in [0.5, 0.6) is 0 Å². The van der Waals surface area contributed by atoms with E-state index in [0.717, 1.165) is 17.7 Å². The Hall–Kier alpha value is -0.830. The van der Waals surface area contributed by atoms with Crippen molar-refractivity contribution in [1.29, 1.82) is 0 Å². The molecule has 0 amide bonds. The molecule has 0 aromatic carbocycles. The molecule has 0 atom stereocenters. The van der Waals surface area contributed by atoms with Crippen LogP contribution < -0.4 is 0 Å². The molecule has 0 aliphatic rings. The lowest BCUT2D eigenvalue weighted by molar-refractivity contribution is 0.280. The highest BCUT2D eigenvalue weighted by Gasteiger charge is 2.02. The molecule has 1 heterocycles. The minimum Gasteiger partial charge on any atom is -0.392 e. The summed E-state index contributed by atoms with van der Waals surface area (Å²) >= 11 is 0. The largest absolute Gasteiger partial charge is 0.392 e. The Morgan fingerprint density at radius 3 is 2.92 bits per heavy atom. The van der Waals surface area contributed by atoms with Crippen molar-refractivity contribution in [3.05, 3.63) is 17.5 Å². The standard InChI is InChI=1S/C10H18N2O/c1-2-3-4-5-6-10-9(8-13)7-11-12-10/h7,13H,2-6,8H2,1H3,(H,11,12). The number of nitrogens with zero attached hydrogens (tertiary/aromatic N) is 1. The molecule has 3 heteroatoms. The van der Waals surface area contributed by atoms with E-state index < -0.39 is 0 Å². The fourth-order valence-corrected chi connectivity index (χ4v) is 1.42. The van der Waals surface area contributed by atoms with E-state index in [0.29, 0.717) is 0 Å². The summed E-state index contributed by atoms with van der Waals surface area (Å²) in [6, 6.07) is 0. The maximum absolute atomic E-state index is 8.95. The number of aromatic nitrogens is 2. The van der Waals surface area contributed by atoms with Gasteiger partial charge in [0.25, 0.3) is 0 Å². The smallest absolute Gasteiger partial charge is 0.0715 e. The van der Waals surface area contributed by atoms with Gasteiger partial charge in [-0.3, -0.25) is 5.10 Å². The van der Waals surface area contributed by atoms with Crippen LogP contribution in [0.2, 0.25) is 0 Å². The number of aromatic amines is 1. The number of hydrogen-bond donors (Lipinski definition) is 2. The van der Waals surface area contributed by atoms with Crippen molar-refractivity contribution < 1.29 is 5.11 Å². The maximum Gasteiger partial charge on any atom is 0.0715 e. The van der Waals surface area contributed by atoms with Gasteiger partial charge in [-0.1, -0.05) is 26.2 Å². The minimum absolute atomic E-state index is 0.0968. The highest BCUT2D eigenvalue weighted by molar-refractivity contribution is 5.14. The van der Waals surface area contributed by atoms with Gasteiger partial charge in [0.05, 0.1) is 12.8 Å². The number of hydrogen-bond acceptors (Lipinski definition) is 2. The Bertz CT molecular complexity index is 233. The van der Waals surface area contributed by atoms with Crippen molar-refractivity contribution in [2.45, 2.75) is 45.6 Å². The second kappa shape index (κ2) is 5.75.